The molecule has 2 aliphatic rings. The fraction of sp³-hybridized carbons (Fsp3) is 0.516. The minimum atomic E-state index is -0.544. The Kier molecular flexibility index (Phi) is 9.98. The third kappa shape index (κ3) is 7.60. The predicted molar refractivity (Wildman–Crippen MR) is 151 cm³/mol. The lowest BCUT2D eigenvalue weighted by Gasteiger charge is -2.41. The fourth-order valence-corrected chi connectivity index (χ4v) is 5.54. The number of hydrogen-bond donors (Lipinski definition) is 3. The van der Waals surface area contributed by atoms with E-state index in [0.29, 0.717) is 69.8 Å². The van der Waals surface area contributed by atoms with Gasteiger partial charge in [-0.25, -0.2) is 0 Å². The number of piperidine rings is 1. The molecule has 2 aromatic carbocycles. The topological polar surface area (TPSA) is 114 Å². The number of nitrogens with two attached hydrogens (primary N) is 1. The number of rotatable bonds is 4. The van der Waals surface area contributed by atoms with Crippen molar-refractivity contribution in [3.05, 3.63) is 65.2 Å². The van der Waals surface area contributed by atoms with Gasteiger partial charge in [0, 0.05) is 26.2 Å². The Morgan fingerprint density at radius 2 is 1.74 bits per heavy atom. The van der Waals surface area contributed by atoms with Gasteiger partial charge in [-0.3, -0.25) is 14.4 Å². The maximum Gasteiger partial charge on any atom is 0.255 e. The van der Waals surface area contributed by atoms with Crippen LogP contribution in [0.4, 0.5) is 0 Å². The number of carbonyl (C=O) groups excluding carboxylic acids is 3. The van der Waals surface area contributed by atoms with Crippen molar-refractivity contribution in [1.82, 2.24) is 15.5 Å². The highest BCUT2D eigenvalue weighted by molar-refractivity contribution is 5.97. The number of amides is 3. The molecule has 1 fully saturated rings. The normalized spacial score (nSPS) is 19.5. The summed E-state index contributed by atoms with van der Waals surface area (Å²) in [5.74, 6) is 0.453. The zero-order chi connectivity index (χ0) is 27.7. The Labute approximate surface area is 231 Å². The molecule has 0 saturated carbocycles. The van der Waals surface area contributed by atoms with Gasteiger partial charge in [0.25, 0.3) is 5.91 Å². The molecular formula is C31H42N4O4. The first-order valence-electron chi connectivity index (χ1n) is 14.3. The van der Waals surface area contributed by atoms with Crippen LogP contribution in [0.1, 0.15) is 66.4 Å². The number of ether oxygens (including phenoxy) is 1. The SMILES string of the molecule is Cc1ccc2c(c1)OCCCNC(=O)C1(CCCCNC2=O)CCN(C(=O)[C@@H](N)CCc2ccccc2)CC1. The van der Waals surface area contributed by atoms with Crippen LogP contribution < -0.4 is 21.1 Å². The van der Waals surface area contributed by atoms with Crippen molar-refractivity contribution >= 4 is 17.7 Å². The first-order chi connectivity index (χ1) is 18.9. The average Bonchev–Trinajstić information content (AvgIpc) is 2.95. The molecule has 3 amide bonds. The van der Waals surface area contributed by atoms with Gasteiger partial charge in [-0.2, -0.15) is 0 Å². The Hall–Kier alpha value is -3.39. The highest BCUT2D eigenvalue weighted by Crippen LogP contribution is 2.37. The third-order valence-corrected chi connectivity index (χ3v) is 8.03. The van der Waals surface area contributed by atoms with Crippen molar-refractivity contribution in [3.63, 3.8) is 0 Å². The van der Waals surface area contributed by atoms with Gasteiger partial charge in [0.1, 0.15) is 5.75 Å². The lowest BCUT2D eigenvalue weighted by Crippen LogP contribution is -2.53. The lowest BCUT2D eigenvalue weighted by atomic mass is 9.73. The number of carbonyl (C=O) groups is 3. The average molecular weight is 535 g/mol. The Morgan fingerprint density at radius 3 is 2.51 bits per heavy atom. The standard InChI is InChI=1S/C31H42N4O4/c1-23-10-12-25-27(22-23)39-21-7-18-34-30(38)31(14-5-6-17-33-28(25)36)15-19-35(20-16-31)29(37)26(32)13-11-24-8-3-2-4-9-24/h2-4,8-10,12,22,26H,5-7,11,13-21,32H2,1H3,(H,33,36)(H,34,38)/t26-/m0/s1. The molecule has 4 rings (SSSR count). The van der Waals surface area contributed by atoms with E-state index < -0.39 is 11.5 Å². The van der Waals surface area contributed by atoms with E-state index in [2.05, 4.69) is 10.6 Å². The molecule has 0 bridgehead atoms. The van der Waals surface area contributed by atoms with Crippen LogP contribution in [0.2, 0.25) is 0 Å². The third-order valence-electron chi connectivity index (χ3n) is 8.03. The first-order valence-corrected chi connectivity index (χ1v) is 14.3. The van der Waals surface area contributed by atoms with E-state index in [1.54, 1.807) is 6.07 Å². The summed E-state index contributed by atoms with van der Waals surface area (Å²) >= 11 is 0. The molecule has 2 aromatic rings. The Balaban J connectivity index is 1.33. The summed E-state index contributed by atoms with van der Waals surface area (Å²) in [6.45, 7) is 4.46. The van der Waals surface area contributed by atoms with E-state index in [1.165, 1.54) is 5.56 Å². The van der Waals surface area contributed by atoms with Crippen LogP contribution in [-0.4, -0.2) is 61.4 Å². The smallest absolute Gasteiger partial charge is 0.255 e. The summed E-state index contributed by atoms with van der Waals surface area (Å²) in [4.78, 5) is 41.1. The van der Waals surface area contributed by atoms with E-state index in [4.69, 9.17) is 10.5 Å². The minimum Gasteiger partial charge on any atom is -0.493 e. The van der Waals surface area contributed by atoms with Crippen molar-refractivity contribution in [2.45, 2.75) is 64.3 Å². The quantitative estimate of drug-likeness (QED) is 0.557. The molecule has 1 saturated heterocycles. The molecule has 0 unspecified atom stereocenters. The number of nitrogens with one attached hydrogen (secondary N) is 2. The van der Waals surface area contributed by atoms with Gasteiger partial charge in [-0.1, -0.05) is 42.8 Å². The number of fused-ring (bicyclic) bond motifs is 1. The zero-order valence-electron chi connectivity index (χ0n) is 23.0. The van der Waals surface area contributed by atoms with Crippen LogP contribution in [0.15, 0.2) is 48.5 Å². The summed E-state index contributed by atoms with van der Waals surface area (Å²) in [7, 11) is 0. The molecule has 0 aliphatic carbocycles. The Morgan fingerprint density at radius 1 is 1.00 bits per heavy atom. The van der Waals surface area contributed by atoms with Crippen molar-refractivity contribution in [2.75, 3.05) is 32.8 Å². The molecule has 0 aromatic heterocycles. The molecule has 1 spiro atoms. The van der Waals surface area contributed by atoms with E-state index >= 15 is 0 Å². The second-order valence-electron chi connectivity index (χ2n) is 10.9. The van der Waals surface area contributed by atoms with Crippen LogP contribution in [0.25, 0.3) is 0 Å². The van der Waals surface area contributed by atoms with E-state index in [1.807, 2.05) is 54.3 Å². The van der Waals surface area contributed by atoms with Crippen molar-refractivity contribution in [3.8, 4) is 5.75 Å². The summed E-state index contributed by atoms with van der Waals surface area (Å²) in [5, 5.41) is 6.13. The summed E-state index contributed by atoms with van der Waals surface area (Å²) in [6, 6.07) is 15.1. The monoisotopic (exact) mass is 534 g/mol. The lowest BCUT2D eigenvalue weighted by molar-refractivity contribution is -0.142. The van der Waals surface area contributed by atoms with Crippen LogP contribution in [0, 0.1) is 12.3 Å². The van der Waals surface area contributed by atoms with Gasteiger partial charge < -0.3 is 26.0 Å². The van der Waals surface area contributed by atoms with Crippen molar-refractivity contribution < 1.29 is 19.1 Å². The number of benzene rings is 2. The predicted octanol–water partition coefficient (Wildman–Crippen LogP) is 3.36. The van der Waals surface area contributed by atoms with E-state index in [-0.39, 0.29) is 17.7 Å². The zero-order valence-corrected chi connectivity index (χ0v) is 23.0. The maximum absolute atomic E-state index is 13.4. The molecule has 2 heterocycles. The molecule has 4 N–H and O–H groups in total. The van der Waals surface area contributed by atoms with Crippen molar-refractivity contribution in [2.24, 2.45) is 11.1 Å². The number of nitrogens with zero attached hydrogens (tertiary/aromatic N) is 1. The second kappa shape index (κ2) is 13.6. The number of hydrogen-bond acceptors (Lipinski definition) is 5. The molecule has 39 heavy (non-hydrogen) atoms. The second-order valence-corrected chi connectivity index (χ2v) is 10.9. The Bertz CT molecular complexity index is 1130. The molecule has 210 valence electrons. The highest BCUT2D eigenvalue weighted by atomic mass is 16.5. The molecular weight excluding hydrogens is 492 g/mol. The van der Waals surface area contributed by atoms with E-state index in [9.17, 15) is 14.4 Å². The highest BCUT2D eigenvalue weighted by Gasteiger charge is 2.42. The molecule has 8 heteroatoms. The van der Waals surface area contributed by atoms with Gasteiger partial charge in [-0.15, -0.1) is 0 Å². The molecule has 8 nitrogen and oxygen atoms in total. The largest absolute Gasteiger partial charge is 0.493 e. The summed E-state index contributed by atoms with van der Waals surface area (Å²) in [6.07, 6.45) is 5.54. The fourth-order valence-electron chi connectivity index (χ4n) is 5.54. The van der Waals surface area contributed by atoms with Crippen molar-refractivity contribution in [1.29, 1.82) is 0 Å². The van der Waals surface area contributed by atoms with E-state index in [0.717, 1.165) is 31.2 Å². The van der Waals surface area contributed by atoms with Gasteiger partial charge in [0.05, 0.1) is 23.6 Å². The van der Waals surface area contributed by atoms with Gasteiger partial charge in [0.15, 0.2) is 0 Å². The van der Waals surface area contributed by atoms with Crippen LogP contribution in [0.3, 0.4) is 0 Å². The number of aryl methyl sites for hydroxylation is 2. The summed E-state index contributed by atoms with van der Waals surface area (Å²) < 4.78 is 5.93. The van der Waals surface area contributed by atoms with Crippen LogP contribution >= 0.6 is 0 Å². The van der Waals surface area contributed by atoms with Gasteiger partial charge in [-0.05, 0) is 75.1 Å². The first kappa shape index (κ1) is 28.6. The minimum absolute atomic E-state index is 0.0343. The summed E-state index contributed by atoms with van der Waals surface area (Å²) in [5.41, 5.74) is 8.50. The van der Waals surface area contributed by atoms with Gasteiger partial charge in [0.2, 0.25) is 11.8 Å². The maximum atomic E-state index is 13.4. The van der Waals surface area contributed by atoms with Gasteiger partial charge >= 0.3 is 0 Å². The van der Waals surface area contributed by atoms with Crippen LogP contribution in [-0.2, 0) is 16.0 Å². The molecule has 1 atom stereocenters. The molecule has 0 radical (unpaired) electrons. The number of likely N-dealkylation sites (tertiary alicyclic amines) is 1. The molecule has 2 aliphatic heterocycles. The van der Waals surface area contributed by atoms with Crippen LogP contribution in [0.5, 0.6) is 5.75 Å².